The predicted molar refractivity (Wildman–Crippen MR) is 47.3 cm³/mol. The minimum Gasteiger partial charge on any atom is -0.388 e. The van der Waals surface area contributed by atoms with Gasteiger partial charge in [0, 0.05) is 0 Å². The molecule has 68 valence electrons. The van der Waals surface area contributed by atoms with Gasteiger partial charge in [0.2, 0.25) is 5.89 Å². The fourth-order valence-corrected chi connectivity index (χ4v) is 1.66. The standard InChI is InChI=1S/C8H8N2O2S/c11-4-7-9-8(12-10-7)3-6-1-2-13-5-6/h1-2,5,11H,3-4H2. The van der Waals surface area contributed by atoms with Crippen LogP contribution in [0.25, 0.3) is 0 Å². The van der Waals surface area contributed by atoms with Crippen molar-refractivity contribution in [2.75, 3.05) is 0 Å². The third kappa shape index (κ3) is 1.93. The van der Waals surface area contributed by atoms with Gasteiger partial charge in [-0.25, -0.2) is 0 Å². The van der Waals surface area contributed by atoms with Gasteiger partial charge in [-0.1, -0.05) is 5.16 Å². The van der Waals surface area contributed by atoms with Crippen molar-refractivity contribution in [3.63, 3.8) is 0 Å². The molecule has 0 atom stereocenters. The predicted octanol–water partition coefficient (Wildman–Crippen LogP) is 1.21. The van der Waals surface area contributed by atoms with Crippen LogP contribution < -0.4 is 0 Å². The van der Waals surface area contributed by atoms with Gasteiger partial charge in [0.15, 0.2) is 5.82 Å². The van der Waals surface area contributed by atoms with Crippen LogP contribution in [0.3, 0.4) is 0 Å². The van der Waals surface area contributed by atoms with Crippen molar-refractivity contribution >= 4 is 11.3 Å². The molecule has 5 heteroatoms. The lowest BCUT2D eigenvalue weighted by Gasteiger charge is -1.87. The summed E-state index contributed by atoms with van der Waals surface area (Å²) in [5.74, 6) is 0.882. The highest BCUT2D eigenvalue weighted by atomic mass is 32.1. The second kappa shape index (κ2) is 3.68. The highest BCUT2D eigenvalue weighted by Gasteiger charge is 2.05. The van der Waals surface area contributed by atoms with E-state index in [0.717, 1.165) is 5.56 Å². The van der Waals surface area contributed by atoms with Crippen LogP contribution in [0, 0.1) is 0 Å². The van der Waals surface area contributed by atoms with E-state index >= 15 is 0 Å². The summed E-state index contributed by atoms with van der Waals surface area (Å²) >= 11 is 1.63. The van der Waals surface area contributed by atoms with E-state index in [1.807, 2.05) is 16.8 Å². The molecule has 2 aromatic heterocycles. The Labute approximate surface area is 78.8 Å². The lowest BCUT2D eigenvalue weighted by molar-refractivity contribution is 0.263. The van der Waals surface area contributed by atoms with Crippen molar-refractivity contribution in [3.8, 4) is 0 Å². The average molecular weight is 196 g/mol. The molecule has 0 saturated heterocycles. The third-order valence-corrected chi connectivity index (χ3v) is 2.32. The molecule has 1 N–H and O–H groups in total. The van der Waals surface area contributed by atoms with E-state index < -0.39 is 0 Å². The van der Waals surface area contributed by atoms with E-state index in [4.69, 9.17) is 9.63 Å². The average Bonchev–Trinajstić information content (AvgIpc) is 2.76. The highest BCUT2D eigenvalue weighted by molar-refractivity contribution is 7.07. The molecule has 13 heavy (non-hydrogen) atoms. The van der Waals surface area contributed by atoms with Crippen molar-refractivity contribution in [3.05, 3.63) is 34.1 Å². The molecule has 0 aliphatic carbocycles. The summed E-state index contributed by atoms with van der Waals surface area (Å²) < 4.78 is 4.91. The van der Waals surface area contributed by atoms with Gasteiger partial charge in [0.25, 0.3) is 0 Å². The maximum absolute atomic E-state index is 8.69. The molecule has 2 heterocycles. The zero-order valence-corrected chi connectivity index (χ0v) is 7.62. The van der Waals surface area contributed by atoms with Crippen molar-refractivity contribution in [2.24, 2.45) is 0 Å². The Bertz CT molecular complexity index is 369. The first-order valence-electron chi connectivity index (χ1n) is 3.82. The van der Waals surface area contributed by atoms with Crippen LogP contribution in [-0.2, 0) is 13.0 Å². The van der Waals surface area contributed by atoms with Gasteiger partial charge in [0.1, 0.15) is 6.61 Å². The van der Waals surface area contributed by atoms with Crippen LogP contribution in [0.1, 0.15) is 17.3 Å². The maximum atomic E-state index is 8.69. The van der Waals surface area contributed by atoms with Gasteiger partial charge in [0.05, 0.1) is 6.42 Å². The smallest absolute Gasteiger partial charge is 0.231 e. The third-order valence-electron chi connectivity index (χ3n) is 1.59. The highest BCUT2D eigenvalue weighted by Crippen LogP contribution is 2.11. The molecule has 0 fully saturated rings. The summed E-state index contributed by atoms with van der Waals surface area (Å²) in [5.41, 5.74) is 1.15. The number of rotatable bonds is 3. The van der Waals surface area contributed by atoms with Crippen molar-refractivity contribution in [1.29, 1.82) is 0 Å². The van der Waals surface area contributed by atoms with Crippen molar-refractivity contribution in [1.82, 2.24) is 10.1 Å². The van der Waals surface area contributed by atoms with E-state index in [1.54, 1.807) is 11.3 Å². The maximum Gasteiger partial charge on any atom is 0.231 e. The van der Waals surface area contributed by atoms with Crippen LogP contribution in [0.2, 0.25) is 0 Å². The molecule has 2 rings (SSSR count). The molecule has 2 aromatic rings. The normalized spacial score (nSPS) is 10.5. The largest absolute Gasteiger partial charge is 0.388 e. The van der Waals surface area contributed by atoms with Gasteiger partial charge in [-0.3, -0.25) is 0 Å². The SMILES string of the molecule is OCc1noc(Cc2ccsc2)n1. The first-order chi connectivity index (χ1) is 6.38. The Morgan fingerprint density at radius 2 is 2.46 bits per heavy atom. The Morgan fingerprint density at radius 3 is 3.08 bits per heavy atom. The summed E-state index contributed by atoms with van der Waals surface area (Å²) in [6.07, 6.45) is 0.635. The van der Waals surface area contributed by atoms with E-state index in [2.05, 4.69) is 10.1 Å². The van der Waals surface area contributed by atoms with Gasteiger partial charge >= 0.3 is 0 Å². The number of nitrogens with zero attached hydrogens (tertiary/aromatic N) is 2. The quantitative estimate of drug-likeness (QED) is 0.801. The van der Waals surface area contributed by atoms with E-state index in [-0.39, 0.29) is 6.61 Å². The second-order valence-electron chi connectivity index (χ2n) is 2.57. The fourth-order valence-electron chi connectivity index (χ4n) is 0.994. The van der Waals surface area contributed by atoms with Crippen molar-refractivity contribution < 1.29 is 9.63 Å². The van der Waals surface area contributed by atoms with Crippen LogP contribution in [-0.4, -0.2) is 15.2 Å². The number of thiophene rings is 1. The fraction of sp³-hybridized carbons (Fsp3) is 0.250. The summed E-state index contributed by atoms with van der Waals surface area (Å²) in [5, 5.41) is 16.3. The summed E-state index contributed by atoms with van der Waals surface area (Å²) in [6, 6.07) is 2.01. The summed E-state index contributed by atoms with van der Waals surface area (Å²) in [4.78, 5) is 3.98. The molecule has 0 radical (unpaired) electrons. The Morgan fingerprint density at radius 1 is 1.54 bits per heavy atom. The van der Waals surface area contributed by atoms with Crippen LogP contribution >= 0.6 is 11.3 Å². The minimum atomic E-state index is -0.173. The van der Waals surface area contributed by atoms with Gasteiger partial charge in [-0.2, -0.15) is 16.3 Å². The molecule has 0 bridgehead atoms. The summed E-state index contributed by atoms with van der Waals surface area (Å²) in [7, 11) is 0. The molecule has 0 amide bonds. The van der Waals surface area contributed by atoms with Gasteiger partial charge in [-0.15, -0.1) is 0 Å². The van der Waals surface area contributed by atoms with Crippen molar-refractivity contribution in [2.45, 2.75) is 13.0 Å². The number of aliphatic hydroxyl groups excluding tert-OH is 1. The molecule has 0 aliphatic rings. The van der Waals surface area contributed by atoms with Crippen LogP contribution in [0.15, 0.2) is 21.3 Å². The molecule has 0 spiro atoms. The molecule has 0 saturated carbocycles. The number of hydrogen-bond acceptors (Lipinski definition) is 5. The van der Waals surface area contributed by atoms with Gasteiger partial charge < -0.3 is 9.63 Å². The molecular formula is C8H8N2O2S. The Hall–Kier alpha value is -1.20. The number of aromatic nitrogens is 2. The lowest BCUT2D eigenvalue weighted by Crippen LogP contribution is -1.88. The van der Waals surface area contributed by atoms with E-state index in [9.17, 15) is 0 Å². The molecular weight excluding hydrogens is 188 g/mol. The second-order valence-corrected chi connectivity index (χ2v) is 3.35. The zero-order chi connectivity index (χ0) is 9.10. The molecule has 0 unspecified atom stereocenters. The van der Waals surface area contributed by atoms with Gasteiger partial charge in [-0.05, 0) is 22.4 Å². The zero-order valence-electron chi connectivity index (χ0n) is 6.80. The minimum absolute atomic E-state index is 0.173. The van der Waals surface area contributed by atoms with Crippen LogP contribution in [0.5, 0.6) is 0 Å². The Balaban J connectivity index is 2.10. The molecule has 4 nitrogen and oxygen atoms in total. The molecule has 0 aromatic carbocycles. The van der Waals surface area contributed by atoms with E-state index in [1.165, 1.54) is 0 Å². The molecule has 0 aliphatic heterocycles. The Kier molecular flexibility index (Phi) is 2.37. The number of aliphatic hydroxyl groups is 1. The summed E-state index contributed by atoms with van der Waals surface area (Å²) in [6.45, 7) is -0.173. The monoisotopic (exact) mass is 196 g/mol. The lowest BCUT2D eigenvalue weighted by atomic mass is 10.2. The van der Waals surface area contributed by atoms with Crippen LogP contribution in [0.4, 0.5) is 0 Å². The topological polar surface area (TPSA) is 59.2 Å². The first-order valence-corrected chi connectivity index (χ1v) is 4.76. The number of hydrogen-bond donors (Lipinski definition) is 1. The van der Waals surface area contributed by atoms with E-state index in [0.29, 0.717) is 18.1 Å². The first kappa shape index (κ1) is 8.40.